The Morgan fingerprint density at radius 2 is 2.35 bits per heavy atom. The van der Waals surface area contributed by atoms with Crippen LogP contribution in [0.3, 0.4) is 0 Å². The molecule has 0 aliphatic carbocycles. The number of nitrogens with two attached hydrogens (primary N) is 1. The fourth-order valence-electron chi connectivity index (χ4n) is 2.53. The molecule has 0 radical (unpaired) electrons. The van der Waals surface area contributed by atoms with Crippen LogP contribution in [-0.2, 0) is 0 Å². The molecule has 1 aliphatic rings. The van der Waals surface area contributed by atoms with Crippen molar-refractivity contribution in [3.63, 3.8) is 0 Å². The molecule has 2 nitrogen and oxygen atoms in total. The summed E-state index contributed by atoms with van der Waals surface area (Å²) in [6.07, 6.45) is 3.70. The van der Waals surface area contributed by atoms with Gasteiger partial charge in [-0.15, -0.1) is 0 Å². The van der Waals surface area contributed by atoms with E-state index in [1.807, 2.05) is 6.07 Å². The second-order valence-electron chi connectivity index (χ2n) is 4.42. The number of halogens is 1. The molecule has 1 unspecified atom stereocenters. The summed E-state index contributed by atoms with van der Waals surface area (Å²) in [6, 6.07) is 6.82. The summed E-state index contributed by atoms with van der Waals surface area (Å²) in [4.78, 5) is 2.92. The third kappa shape index (κ3) is 2.63. The monoisotopic (exact) mass is 312 g/mol. The van der Waals surface area contributed by atoms with Crippen LogP contribution in [0.2, 0.25) is 0 Å². The first-order valence-electron chi connectivity index (χ1n) is 5.99. The first-order chi connectivity index (χ1) is 8.13. The van der Waals surface area contributed by atoms with Gasteiger partial charge in [0.25, 0.3) is 0 Å². The van der Waals surface area contributed by atoms with Gasteiger partial charge in [-0.05, 0) is 37.5 Å². The van der Waals surface area contributed by atoms with Gasteiger partial charge in [-0.25, -0.2) is 0 Å². The zero-order valence-corrected chi connectivity index (χ0v) is 12.4. The second kappa shape index (κ2) is 5.36. The number of hydrogen-bond acceptors (Lipinski definition) is 2. The minimum atomic E-state index is 0.475. The van der Waals surface area contributed by atoms with Gasteiger partial charge < -0.3 is 10.6 Å². The first kappa shape index (κ1) is 12.8. The van der Waals surface area contributed by atoms with Gasteiger partial charge in [0.15, 0.2) is 0 Å². The van der Waals surface area contributed by atoms with E-state index in [9.17, 15) is 0 Å². The molecule has 1 aromatic rings. The molecule has 17 heavy (non-hydrogen) atoms. The van der Waals surface area contributed by atoms with E-state index in [1.54, 1.807) is 0 Å². The van der Waals surface area contributed by atoms with Crippen molar-refractivity contribution >= 4 is 38.8 Å². The molecule has 1 saturated heterocycles. The van der Waals surface area contributed by atoms with Gasteiger partial charge in [-0.1, -0.05) is 35.1 Å². The maximum atomic E-state index is 5.82. The van der Waals surface area contributed by atoms with E-state index in [1.165, 1.54) is 24.9 Å². The van der Waals surface area contributed by atoms with Crippen LogP contribution in [-0.4, -0.2) is 17.6 Å². The zero-order valence-electron chi connectivity index (χ0n) is 9.95. The lowest BCUT2D eigenvalue weighted by Gasteiger charge is -2.28. The summed E-state index contributed by atoms with van der Waals surface area (Å²) in [5.41, 5.74) is 7.99. The molecule has 1 heterocycles. The number of hydrogen-bond donors (Lipinski definition) is 1. The average Bonchev–Trinajstić information content (AvgIpc) is 2.76. The van der Waals surface area contributed by atoms with E-state index in [-0.39, 0.29) is 0 Å². The van der Waals surface area contributed by atoms with Crippen LogP contribution in [0.1, 0.15) is 31.7 Å². The number of nitrogens with zero attached hydrogens (tertiary/aromatic N) is 1. The molecule has 0 bridgehead atoms. The van der Waals surface area contributed by atoms with E-state index in [2.05, 4.69) is 39.9 Å². The Bertz CT molecular complexity index is 433. The van der Waals surface area contributed by atoms with Gasteiger partial charge in [0.1, 0.15) is 4.99 Å². The van der Waals surface area contributed by atoms with Crippen LogP contribution >= 0.6 is 28.1 Å². The summed E-state index contributed by atoms with van der Waals surface area (Å²) in [5.74, 6) is 0. The van der Waals surface area contributed by atoms with Crippen molar-refractivity contribution in [2.75, 3.05) is 11.4 Å². The molecule has 1 aromatic carbocycles. The first-order valence-corrected chi connectivity index (χ1v) is 7.19. The van der Waals surface area contributed by atoms with Gasteiger partial charge in [0, 0.05) is 28.3 Å². The quantitative estimate of drug-likeness (QED) is 0.867. The number of anilines is 1. The van der Waals surface area contributed by atoms with Crippen LogP contribution in [0.4, 0.5) is 5.69 Å². The number of rotatable bonds is 3. The smallest absolute Gasteiger partial charge is 0.106 e. The minimum absolute atomic E-state index is 0.475. The summed E-state index contributed by atoms with van der Waals surface area (Å²) in [7, 11) is 0. The summed E-state index contributed by atoms with van der Waals surface area (Å²) in [6.45, 7) is 3.35. The Morgan fingerprint density at radius 1 is 1.59 bits per heavy atom. The Balaban J connectivity index is 2.40. The Hall–Kier alpha value is -0.610. The molecule has 1 atom stereocenters. The van der Waals surface area contributed by atoms with Crippen LogP contribution in [0.15, 0.2) is 22.7 Å². The molecule has 2 rings (SSSR count). The van der Waals surface area contributed by atoms with Crippen molar-refractivity contribution in [2.45, 2.75) is 32.2 Å². The van der Waals surface area contributed by atoms with Crippen molar-refractivity contribution in [3.05, 3.63) is 28.2 Å². The molecule has 4 heteroatoms. The molecule has 1 fully saturated rings. The zero-order chi connectivity index (χ0) is 12.4. The van der Waals surface area contributed by atoms with Crippen molar-refractivity contribution in [2.24, 2.45) is 5.73 Å². The number of benzene rings is 1. The predicted octanol–water partition coefficient (Wildman–Crippen LogP) is 3.46. The molecular weight excluding hydrogens is 296 g/mol. The SMILES string of the molecule is CCC1CCCN1c1ccc(Br)cc1C(N)=S. The van der Waals surface area contributed by atoms with E-state index in [0.717, 1.165) is 16.6 Å². The summed E-state index contributed by atoms with van der Waals surface area (Å²) in [5, 5.41) is 0. The van der Waals surface area contributed by atoms with Gasteiger partial charge in [0.05, 0.1) is 0 Å². The molecule has 1 aliphatic heterocycles. The molecular formula is C13H17BrN2S. The maximum absolute atomic E-state index is 5.82. The van der Waals surface area contributed by atoms with Crippen LogP contribution in [0.5, 0.6) is 0 Å². The van der Waals surface area contributed by atoms with Crippen LogP contribution in [0, 0.1) is 0 Å². The lowest BCUT2D eigenvalue weighted by molar-refractivity contribution is 0.645. The summed E-state index contributed by atoms with van der Waals surface area (Å²) >= 11 is 8.62. The van der Waals surface area contributed by atoms with Gasteiger partial charge in [0.2, 0.25) is 0 Å². The fourth-order valence-corrected chi connectivity index (χ4v) is 3.06. The van der Waals surface area contributed by atoms with Crippen molar-refractivity contribution in [1.29, 1.82) is 0 Å². The van der Waals surface area contributed by atoms with Crippen molar-refractivity contribution in [3.8, 4) is 0 Å². The third-order valence-corrected chi connectivity index (χ3v) is 4.10. The lowest BCUT2D eigenvalue weighted by atomic mass is 10.1. The normalized spacial score (nSPS) is 19.6. The standard InChI is InChI=1S/C13H17BrN2S/c1-2-10-4-3-7-16(10)12-6-5-9(14)8-11(12)13(15)17/h5-6,8,10H,2-4,7H2,1H3,(H2,15,17). The highest BCUT2D eigenvalue weighted by atomic mass is 79.9. The highest BCUT2D eigenvalue weighted by Gasteiger charge is 2.25. The second-order valence-corrected chi connectivity index (χ2v) is 5.78. The Kier molecular flexibility index (Phi) is 4.05. The summed E-state index contributed by atoms with van der Waals surface area (Å²) < 4.78 is 1.02. The van der Waals surface area contributed by atoms with E-state index in [4.69, 9.17) is 18.0 Å². The Labute approximate surface area is 116 Å². The van der Waals surface area contributed by atoms with Crippen molar-refractivity contribution < 1.29 is 0 Å². The lowest BCUT2D eigenvalue weighted by Crippen LogP contribution is -2.30. The molecule has 0 amide bonds. The largest absolute Gasteiger partial charge is 0.389 e. The van der Waals surface area contributed by atoms with Crippen LogP contribution in [0.25, 0.3) is 0 Å². The van der Waals surface area contributed by atoms with E-state index >= 15 is 0 Å². The molecule has 0 aromatic heterocycles. The highest BCUT2D eigenvalue weighted by Crippen LogP contribution is 2.31. The average molecular weight is 313 g/mol. The Morgan fingerprint density at radius 3 is 3.00 bits per heavy atom. The molecule has 92 valence electrons. The molecule has 2 N–H and O–H groups in total. The van der Waals surface area contributed by atoms with Gasteiger partial charge >= 0.3 is 0 Å². The van der Waals surface area contributed by atoms with Crippen molar-refractivity contribution in [1.82, 2.24) is 0 Å². The van der Waals surface area contributed by atoms with E-state index < -0.39 is 0 Å². The molecule has 0 spiro atoms. The third-order valence-electron chi connectivity index (χ3n) is 3.38. The number of thiocarbonyl (C=S) groups is 1. The van der Waals surface area contributed by atoms with Gasteiger partial charge in [-0.3, -0.25) is 0 Å². The van der Waals surface area contributed by atoms with Gasteiger partial charge in [-0.2, -0.15) is 0 Å². The highest BCUT2D eigenvalue weighted by molar-refractivity contribution is 9.10. The minimum Gasteiger partial charge on any atom is -0.389 e. The molecule has 0 saturated carbocycles. The topological polar surface area (TPSA) is 29.3 Å². The van der Waals surface area contributed by atoms with E-state index in [0.29, 0.717) is 11.0 Å². The fraction of sp³-hybridized carbons (Fsp3) is 0.462. The van der Waals surface area contributed by atoms with Crippen LogP contribution < -0.4 is 10.6 Å². The maximum Gasteiger partial charge on any atom is 0.106 e. The predicted molar refractivity (Wildman–Crippen MR) is 80.7 cm³/mol.